The number of nitrogens with one attached hydrogen (secondary N) is 1. The number of azo groups is 1. The van der Waals surface area contributed by atoms with Gasteiger partial charge in [0.05, 0.1) is 11.3 Å². The zero-order valence-electron chi connectivity index (χ0n) is 18.0. The molecule has 4 aromatic carbocycles. The van der Waals surface area contributed by atoms with E-state index in [2.05, 4.69) is 15.5 Å². The average Bonchev–Trinajstić information content (AvgIpc) is 2.80. The first-order chi connectivity index (χ1) is 15.8. The Hall–Kier alpha value is -4.03. The topological polar surface area (TPSA) is 91.1 Å². The number of aromatic hydroxyl groups is 1. The van der Waals surface area contributed by atoms with E-state index in [0.717, 1.165) is 10.9 Å². The molecule has 164 valence electrons. The van der Waals surface area contributed by atoms with E-state index >= 15 is 0 Å². The molecule has 0 aliphatic heterocycles. The number of Topliss-reactive ketones (excluding diaryl/α,β-unsaturated/α-hetero) is 1. The van der Waals surface area contributed by atoms with E-state index in [0.29, 0.717) is 27.3 Å². The molecule has 4 aromatic rings. The number of phenols is 1. The number of halogens is 1. The number of carbonyl (C=O) groups excluding carboxylic acids is 2. The number of hydrogen-bond acceptors (Lipinski definition) is 5. The first kappa shape index (κ1) is 22.2. The van der Waals surface area contributed by atoms with E-state index in [-0.39, 0.29) is 22.8 Å². The summed E-state index contributed by atoms with van der Waals surface area (Å²) >= 11 is 6.00. The minimum atomic E-state index is -0.481. The van der Waals surface area contributed by atoms with Crippen molar-refractivity contribution in [3.05, 3.63) is 94.5 Å². The van der Waals surface area contributed by atoms with Gasteiger partial charge in [0.1, 0.15) is 5.69 Å². The Bertz CT molecular complexity index is 1410. The van der Waals surface area contributed by atoms with Crippen LogP contribution in [0.1, 0.15) is 33.2 Å². The van der Waals surface area contributed by atoms with Crippen molar-refractivity contribution in [2.45, 2.75) is 13.8 Å². The number of fused-ring (bicyclic) bond motifs is 1. The lowest BCUT2D eigenvalue weighted by Gasteiger charge is -2.12. The summed E-state index contributed by atoms with van der Waals surface area (Å²) in [5.41, 5.74) is 2.72. The average molecular weight is 458 g/mol. The van der Waals surface area contributed by atoms with Gasteiger partial charge in [-0.05, 0) is 73.3 Å². The van der Waals surface area contributed by atoms with Gasteiger partial charge in [-0.1, -0.05) is 35.9 Å². The van der Waals surface area contributed by atoms with Crippen LogP contribution in [0.15, 0.2) is 83.0 Å². The standard InChI is InChI=1S/C26H20ClN3O3/c1-15-13-19(27)9-12-23(15)28-26(33)22-14-18-5-3-4-6-21(18)24(25(22)32)30-29-20-10-7-17(8-11-20)16(2)31/h3-14,32H,1-2H3,(H,28,33). The second kappa shape index (κ2) is 9.22. The van der Waals surface area contributed by atoms with Crippen molar-refractivity contribution in [3.63, 3.8) is 0 Å². The van der Waals surface area contributed by atoms with Crippen LogP contribution in [0.5, 0.6) is 5.75 Å². The molecule has 0 aliphatic carbocycles. The summed E-state index contributed by atoms with van der Waals surface area (Å²) < 4.78 is 0. The van der Waals surface area contributed by atoms with Crippen LogP contribution in [0.4, 0.5) is 17.1 Å². The second-order valence-electron chi connectivity index (χ2n) is 7.56. The fourth-order valence-electron chi connectivity index (χ4n) is 3.42. The van der Waals surface area contributed by atoms with Gasteiger partial charge in [-0.2, -0.15) is 5.11 Å². The van der Waals surface area contributed by atoms with Crippen molar-refractivity contribution >= 4 is 51.1 Å². The Balaban J connectivity index is 1.74. The predicted octanol–water partition coefficient (Wildman–Crippen LogP) is 7.38. The van der Waals surface area contributed by atoms with E-state index in [1.165, 1.54) is 6.92 Å². The van der Waals surface area contributed by atoms with Crippen LogP contribution in [-0.4, -0.2) is 16.8 Å². The maximum Gasteiger partial charge on any atom is 0.259 e. The number of nitrogens with zero attached hydrogens (tertiary/aromatic N) is 2. The van der Waals surface area contributed by atoms with Gasteiger partial charge in [-0.3, -0.25) is 9.59 Å². The monoisotopic (exact) mass is 457 g/mol. The number of rotatable bonds is 5. The van der Waals surface area contributed by atoms with Crippen LogP contribution < -0.4 is 5.32 Å². The molecule has 4 rings (SSSR count). The summed E-state index contributed by atoms with van der Waals surface area (Å²) in [5, 5.41) is 24.2. The Labute approximate surface area is 195 Å². The summed E-state index contributed by atoms with van der Waals surface area (Å²) in [7, 11) is 0. The summed E-state index contributed by atoms with van der Waals surface area (Å²) in [6, 6.07) is 20.7. The molecule has 0 atom stereocenters. The lowest BCUT2D eigenvalue weighted by Crippen LogP contribution is -2.13. The zero-order valence-corrected chi connectivity index (χ0v) is 18.7. The Morgan fingerprint density at radius 3 is 2.36 bits per heavy atom. The van der Waals surface area contributed by atoms with Crippen LogP contribution in [0, 0.1) is 6.92 Å². The van der Waals surface area contributed by atoms with Crippen LogP contribution in [0.2, 0.25) is 5.02 Å². The third-order valence-electron chi connectivity index (χ3n) is 5.22. The molecule has 0 aromatic heterocycles. The number of phenolic OH excluding ortho intramolecular Hbond substituents is 1. The zero-order chi connectivity index (χ0) is 23.5. The van der Waals surface area contributed by atoms with E-state index in [9.17, 15) is 14.7 Å². The summed E-state index contributed by atoms with van der Waals surface area (Å²) in [4.78, 5) is 24.5. The van der Waals surface area contributed by atoms with E-state index < -0.39 is 5.91 Å². The van der Waals surface area contributed by atoms with E-state index in [4.69, 9.17) is 11.6 Å². The molecule has 0 bridgehead atoms. The highest BCUT2D eigenvalue weighted by atomic mass is 35.5. The molecule has 1 amide bonds. The quantitative estimate of drug-likeness (QED) is 0.242. The fourth-order valence-corrected chi connectivity index (χ4v) is 3.65. The molecule has 33 heavy (non-hydrogen) atoms. The molecule has 0 spiro atoms. The molecule has 0 unspecified atom stereocenters. The molecule has 0 aliphatic rings. The van der Waals surface area contributed by atoms with Crippen molar-refractivity contribution in [1.29, 1.82) is 0 Å². The molecule has 2 N–H and O–H groups in total. The van der Waals surface area contributed by atoms with Gasteiger partial charge in [0.25, 0.3) is 5.91 Å². The third-order valence-corrected chi connectivity index (χ3v) is 5.45. The first-order valence-corrected chi connectivity index (χ1v) is 10.6. The molecular formula is C26H20ClN3O3. The normalized spacial score (nSPS) is 11.1. The fraction of sp³-hybridized carbons (Fsp3) is 0.0769. The SMILES string of the molecule is CC(=O)c1ccc(N=Nc2c(O)c(C(=O)Nc3ccc(Cl)cc3C)cc3ccccc23)cc1. The Morgan fingerprint density at radius 1 is 0.939 bits per heavy atom. The number of anilines is 1. The number of ketones is 1. The number of hydrogen-bond donors (Lipinski definition) is 2. The van der Waals surface area contributed by atoms with Gasteiger partial charge < -0.3 is 10.4 Å². The van der Waals surface area contributed by atoms with Crippen LogP contribution in [0.3, 0.4) is 0 Å². The van der Waals surface area contributed by atoms with Crippen molar-refractivity contribution < 1.29 is 14.7 Å². The minimum Gasteiger partial charge on any atom is -0.505 e. The first-order valence-electron chi connectivity index (χ1n) is 10.2. The molecule has 7 heteroatoms. The molecule has 6 nitrogen and oxygen atoms in total. The lowest BCUT2D eigenvalue weighted by atomic mass is 10.0. The summed E-state index contributed by atoms with van der Waals surface area (Å²) in [6.07, 6.45) is 0. The van der Waals surface area contributed by atoms with Crippen LogP contribution in [-0.2, 0) is 0 Å². The van der Waals surface area contributed by atoms with Gasteiger partial charge in [0.2, 0.25) is 0 Å². The Kier molecular flexibility index (Phi) is 6.20. The van der Waals surface area contributed by atoms with Gasteiger partial charge >= 0.3 is 0 Å². The highest BCUT2D eigenvalue weighted by Crippen LogP contribution is 2.39. The molecular weight excluding hydrogens is 438 g/mol. The lowest BCUT2D eigenvalue weighted by molar-refractivity contribution is 0.101. The summed E-state index contributed by atoms with van der Waals surface area (Å²) in [6.45, 7) is 3.32. The highest BCUT2D eigenvalue weighted by Gasteiger charge is 2.19. The maximum absolute atomic E-state index is 13.0. The van der Waals surface area contributed by atoms with Crippen molar-refractivity contribution in [1.82, 2.24) is 0 Å². The maximum atomic E-state index is 13.0. The van der Waals surface area contributed by atoms with Crippen molar-refractivity contribution in [2.75, 3.05) is 5.32 Å². The van der Waals surface area contributed by atoms with Crippen molar-refractivity contribution in [3.8, 4) is 5.75 Å². The van der Waals surface area contributed by atoms with Crippen LogP contribution >= 0.6 is 11.6 Å². The number of aryl methyl sites for hydroxylation is 1. The number of benzene rings is 4. The van der Waals surface area contributed by atoms with Gasteiger partial charge in [-0.25, -0.2) is 0 Å². The molecule has 0 saturated carbocycles. The van der Waals surface area contributed by atoms with Gasteiger partial charge in [0, 0.05) is 21.7 Å². The van der Waals surface area contributed by atoms with E-state index in [1.54, 1.807) is 54.6 Å². The van der Waals surface area contributed by atoms with E-state index in [1.807, 2.05) is 25.1 Å². The molecule has 0 heterocycles. The smallest absolute Gasteiger partial charge is 0.259 e. The van der Waals surface area contributed by atoms with Gasteiger partial charge in [0.15, 0.2) is 11.5 Å². The number of amides is 1. The molecule has 0 saturated heterocycles. The van der Waals surface area contributed by atoms with Crippen molar-refractivity contribution in [2.24, 2.45) is 10.2 Å². The largest absolute Gasteiger partial charge is 0.505 e. The molecule has 0 radical (unpaired) electrons. The van der Waals surface area contributed by atoms with Crippen LogP contribution in [0.25, 0.3) is 10.8 Å². The predicted molar refractivity (Wildman–Crippen MR) is 130 cm³/mol. The van der Waals surface area contributed by atoms with Gasteiger partial charge in [-0.15, -0.1) is 5.11 Å². The number of carbonyl (C=O) groups is 2. The Morgan fingerprint density at radius 2 is 1.67 bits per heavy atom. The third kappa shape index (κ3) is 4.76. The highest BCUT2D eigenvalue weighted by molar-refractivity contribution is 6.30. The summed E-state index contributed by atoms with van der Waals surface area (Å²) in [5.74, 6) is -0.801. The second-order valence-corrected chi connectivity index (χ2v) is 8.00. The molecule has 0 fully saturated rings. The minimum absolute atomic E-state index is 0.0447.